The molecule has 1 aliphatic rings. The average Bonchev–Trinajstić information content (AvgIpc) is 2.56. The highest BCUT2D eigenvalue weighted by Crippen LogP contribution is 2.25. The Bertz CT molecular complexity index is 730. The maximum absolute atomic E-state index is 5.41. The summed E-state index contributed by atoms with van der Waals surface area (Å²) in [5, 5.41) is 7.58. The number of aromatic nitrogens is 2. The number of guanidine groups is 1. The van der Waals surface area contributed by atoms with E-state index >= 15 is 0 Å². The number of para-hydroxylation sites is 1. The second kappa shape index (κ2) is 6.78. The predicted octanol–water partition coefficient (Wildman–Crippen LogP) is -1.39. The van der Waals surface area contributed by atoms with Crippen molar-refractivity contribution in [3.05, 3.63) is 23.9 Å². The number of anilines is 1. The SMILES string of the molecule is CCC[NH+]1CNC(Nc2nc(C)c3cccc(OC)c3n2)=[NH+]C1. The third-order valence-electron chi connectivity index (χ3n) is 3.97. The van der Waals surface area contributed by atoms with Crippen molar-refractivity contribution in [1.29, 1.82) is 0 Å². The Hall–Kier alpha value is -2.41. The average molecular weight is 316 g/mol. The van der Waals surface area contributed by atoms with Crippen LogP contribution < -0.4 is 25.3 Å². The van der Waals surface area contributed by atoms with Gasteiger partial charge in [-0.05, 0) is 19.4 Å². The van der Waals surface area contributed by atoms with Crippen LogP contribution in [0, 0.1) is 6.92 Å². The van der Waals surface area contributed by atoms with Crippen molar-refractivity contribution in [2.75, 3.05) is 32.3 Å². The first-order valence-corrected chi connectivity index (χ1v) is 7.98. The van der Waals surface area contributed by atoms with E-state index in [1.807, 2.05) is 25.1 Å². The first-order chi connectivity index (χ1) is 11.2. The second-order valence-corrected chi connectivity index (χ2v) is 5.70. The molecule has 7 nitrogen and oxygen atoms in total. The van der Waals surface area contributed by atoms with Crippen molar-refractivity contribution in [2.45, 2.75) is 20.3 Å². The van der Waals surface area contributed by atoms with E-state index in [2.05, 4.69) is 32.5 Å². The highest BCUT2D eigenvalue weighted by atomic mass is 16.5. The molecule has 7 heteroatoms. The number of fused-ring (bicyclic) bond motifs is 1. The molecule has 2 heterocycles. The van der Waals surface area contributed by atoms with Gasteiger partial charge in [0.1, 0.15) is 11.3 Å². The normalized spacial score (nSPS) is 17.5. The number of hydrogen-bond donors (Lipinski definition) is 4. The van der Waals surface area contributed by atoms with Crippen molar-refractivity contribution < 1.29 is 14.6 Å². The molecule has 0 aliphatic carbocycles. The molecular formula is C16H24N6O+2. The van der Waals surface area contributed by atoms with E-state index in [4.69, 9.17) is 4.74 Å². The van der Waals surface area contributed by atoms with Crippen LogP contribution in [-0.2, 0) is 0 Å². The van der Waals surface area contributed by atoms with Crippen LogP contribution in [-0.4, -0.2) is 42.9 Å². The van der Waals surface area contributed by atoms with Crippen LogP contribution in [0.25, 0.3) is 10.9 Å². The topological polar surface area (TPSA) is 77.5 Å². The number of rotatable bonds is 4. The Kier molecular flexibility index (Phi) is 4.57. The maximum atomic E-state index is 5.41. The highest BCUT2D eigenvalue weighted by molar-refractivity contribution is 5.91. The molecule has 0 saturated carbocycles. The number of hydrogen-bond acceptors (Lipinski definition) is 5. The van der Waals surface area contributed by atoms with Crippen LogP contribution in [0.4, 0.5) is 5.95 Å². The van der Waals surface area contributed by atoms with Gasteiger partial charge in [0.05, 0.1) is 19.3 Å². The lowest BCUT2D eigenvalue weighted by molar-refractivity contribution is -0.980. The smallest absolute Gasteiger partial charge is 0.359 e. The summed E-state index contributed by atoms with van der Waals surface area (Å²) in [4.78, 5) is 14.0. The van der Waals surface area contributed by atoms with E-state index in [0.29, 0.717) is 5.95 Å². The first kappa shape index (κ1) is 15.5. The summed E-state index contributed by atoms with van der Waals surface area (Å²) < 4.78 is 5.41. The lowest BCUT2D eigenvalue weighted by Crippen LogP contribution is -3.24. The fraction of sp³-hybridized carbons (Fsp3) is 0.438. The fourth-order valence-corrected chi connectivity index (χ4v) is 2.78. The van der Waals surface area contributed by atoms with Crippen LogP contribution in [0.15, 0.2) is 18.2 Å². The fourth-order valence-electron chi connectivity index (χ4n) is 2.78. The Morgan fingerprint density at radius 3 is 2.96 bits per heavy atom. The molecular weight excluding hydrogens is 292 g/mol. The van der Waals surface area contributed by atoms with Crippen LogP contribution in [0.5, 0.6) is 5.75 Å². The monoisotopic (exact) mass is 316 g/mol. The first-order valence-electron chi connectivity index (χ1n) is 7.98. The number of quaternary nitrogens is 1. The van der Waals surface area contributed by atoms with Gasteiger partial charge in [-0.3, -0.25) is 4.90 Å². The molecule has 1 aliphatic heterocycles. The van der Waals surface area contributed by atoms with Gasteiger partial charge in [0, 0.05) is 5.39 Å². The molecule has 1 atom stereocenters. The summed E-state index contributed by atoms with van der Waals surface area (Å²) in [7, 11) is 1.66. The molecule has 0 bridgehead atoms. The minimum Gasteiger partial charge on any atom is -0.494 e. The Balaban J connectivity index is 1.84. The van der Waals surface area contributed by atoms with Crippen LogP contribution in [0.1, 0.15) is 19.0 Å². The van der Waals surface area contributed by atoms with Gasteiger partial charge in [0.2, 0.25) is 0 Å². The molecule has 1 aromatic carbocycles. The van der Waals surface area contributed by atoms with E-state index in [9.17, 15) is 0 Å². The summed E-state index contributed by atoms with van der Waals surface area (Å²) >= 11 is 0. The van der Waals surface area contributed by atoms with Gasteiger partial charge in [0.25, 0.3) is 5.95 Å². The zero-order valence-corrected chi connectivity index (χ0v) is 13.9. The third kappa shape index (κ3) is 3.34. The van der Waals surface area contributed by atoms with E-state index in [1.165, 1.54) is 11.3 Å². The molecule has 1 aromatic heterocycles. The Morgan fingerprint density at radius 2 is 2.26 bits per heavy atom. The zero-order chi connectivity index (χ0) is 16.2. The van der Waals surface area contributed by atoms with Crippen LogP contribution in [0.2, 0.25) is 0 Å². The minimum atomic E-state index is 0.563. The van der Waals surface area contributed by atoms with E-state index in [-0.39, 0.29) is 0 Å². The summed E-state index contributed by atoms with van der Waals surface area (Å²) in [5.41, 5.74) is 1.74. The quantitative estimate of drug-likeness (QED) is 0.559. The van der Waals surface area contributed by atoms with Crippen LogP contribution >= 0.6 is 0 Å². The molecule has 0 amide bonds. The standard InChI is InChI=1S/C16H22N6O/c1-4-8-22-9-17-15(18-10-22)21-16-19-11(2)12-6-5-7-13(23-3)14(12)20-16/h5-7H,4,8-10H2,1-3H3,(H2,17,18,19,20,21)/p+2. The van der Waals surface area contributed by atoms with Gasteiger partial charge >= 0.3 is 5.96 Å². The molecule has 0 radical (unpaired) electrons. The molecule has 23 heavy (non-hydrogen) atoms. The summed E-state index contributed by atoms with van der Waals surface area (Å²) in [6, 6.07) is 5.87. The molecule has 1 unspecified atom stereocenters. The van der Waals surface area contributed by atoms with Gasteiger partial charge in [-0.25, -0.2) is 20.6 Å². The van der Waals surface area contributed by atoms with Crippen molar-refractivity contribution in [3.63, 3.8) is 0 Å². The van der Waals surface area contributed by atoms with Gasteiger partial charge in [-0.2, -0.15) is 4.98 Å². The molecule has 0 saturated heterocycles. The lowest BCUT2D eigenvalue weighted by atomic mass is 10.2. The van der Waals surface area contributed by atoms with Gasteiger partial charge in [-0.15, -0.1) is 0 Å². The third-order valence-corrected chi connectivity index (χ3v) is 3.97. The number of nitrogens with one attached hydrogen (secondary N) is 4. The van der Waals surface area contributed by atoms with E-state index in [1.54, 1.807) is 7.11 Å². The zero-order valence-electron chi connectivity index (χ0n) is 13.9. The van der Waals surface area contributed by atoms with Crippen molar-refractivity contribution >= 4 is 22.8 Å². The predicted molar refractivity (Wildman–Crippen MR) is 89.4 cm³/mol. The Labute approximate surface area is 135 Å². The minimum absolute atomic E-state index is 0.563. The molecule has 0 fully saturated rings. The maximum Gasteiger partial charge on any atom is 0.359 e. The van der Waals surface area contributed by atoms with E-state index in [0.717, 1.165) is 48.2 Å². The van der Waals surface area contributed by atoms with Gasteiger partial charge in [0.15, 0.2) is 13.3 Å². The molecule has 0 spiro atoms. The molecule has 4 N–H and O–H groups in total. The van der Waals surface area contributed by atoms with Crippen molar-refractivity contribution in [2.24, 2.45) is 0 Å². The summed E-state index contributed by atoms with van der Waals surface area (Å²) in [6.45, 7) is 7.10. The molecule has 2 aromatic rings. The number of methoxy groups -OCH3 is 1. The van der Waals surface area contributed by atoms with E-state index < -0.39 is 0 Å². The molecule has 3 rings (SSSR count). The summed E-state index contributed by atoms with van der Waals surface area (Å²) in [6.07, 6.45) is 1.17. The lowest BCUT2D eigenvalue weighted by Gasteiger charge is -2.19. The number of benzene rings is 1. The molecule has 122 valence electrons. The van der Waals surface area contributed by atoms with Crippen molar-refractivity contribution in [1.82, 2.24) is 15.3 Å². The number of nitrogens with zero attached hydrogens (tertiary/aromatic N) is 2. The highest BCUT2D eigenvalue weighted by Gasteiger charge is 2.20. The number of ether oxygens (including phenoxy) is 1. The largest absolute Gasteiger partial charge is 0.494 e. The van der Waals surface area contributed by atoms with Crippen LogP contribution in [0.3, 0.4) is 0 Å². The number of aryl methyl sites for hydroxylation is 1. The van der Waals surface area contributed by atoms with Gasteiger partial charge in [-0.1, -0.05) is 19.1 Å². The van der Waals surface area contributed by atoms with Crippen molar-refractivity contribution in [3.8, 4) is 5.75 Å². The summed E-state index contributed by atoms with van der Waals surface area (Å²) in [5.74, 6) is 2.16. The second-order valence-electron chi connectivity index (χ2n) is 5.70. The Morgan fingerprint density at radius 1 is 1.39 bits per heavy atom. The van der Waals surface area contributed by atoms with Gasteiger partial charge < -0.3 is 4.74 Å².